The molecule has 0 amide bonds. The van der Waals surface area contributed by atoms with E-state index >= 15 is 0 Å². The Hall–Kier alpha value is -2.43. The van der Waals surface area contributed by atoms with Gasteiger partial charge < -0.3 is 10.1 Å². The lowest BCUT2D eigenvalue weighted by atomic mass is 9.61. The third-order valence-corrected chi connectivity index (χ3v) is 6.83. The van der Waals surface area contributed by atoms with E-state index in [1.165, 1.54) is 17.6 Å². The van der Waals surface area contributed by atoms with Crippen molar-refractivity contribution in [3.8, 4) is 0 Å². The highest BCUT2D eigenvalue weighted by Gasteiger charge is 2.46. The number of imidazole rings is 1. The summed E-state index contributed by atoms with van der Waals surface area (Å²) >= 11 is 0. The average Bonchev–Trinajstić information content (AvgIpc) is 3.15. The van der Waals surface area contributed by atoms with Crippen LogP contribution in [0.1, 0.15) is 37.1 Å². The number of benzene rings is 2. The minimum atomic E-state index is -0.580. The third-order valence-electron chi connectivity index (χ3n) is 6.83. The summed E-state index contributed by atoms with van der Waals surface area (Å²) in [6, 6.07) is 18.8. The van der Waals surface area contributed by atoms with Gasteiger partial charge in [0.15, 0.2) is 0 Å². The van der Waals surface area contributed by atoms with E-state index in [1.807, 2.05) is 18.2 Å². The second-order valence-electron chi connectivity index (χ2n) is 8.86. The molecule has 2 bridgehead atoms. The van der Waals surface area contributed by atoms with Crippen molar-refractivity contribution >= 4 is 16.6 Å². The van der Waals surface area contributed by atoms with E-state index in [0.29, 0.717) is 5.92 Å². The molecule has 0 unspecified atom stereocenters. The highest BCUT2D eigenvalue weighted by molar-refractivity contribution is 5.74. The summed E-state index contributed by atoms with van der Waals surface area (Å²) in [5.41, 5.74) is 4.28. The van der Waals surface area contributed by atoms with Gasteiger partial charge in [0.2, 0.25) is 0 Å². The minimum absolute atomic E-state index is 0.266. The van der Waals surface area contributed by atoms with Gasteiger partial charge in [-0.05, 0) is 61.9 Å². The Balaban J connectivity index is 1.24. The molecule has 3 aromatic rings. The Kier molecular flexibility index (Phi) is 4.76. The summed E-state index contributed by atoms with van der Waals surface area (Å²) < 4.78 is 0. The van der Waals surface area contributed by atoms with Gasteiger partial charge in [-0.1, -0.05) is 48.5 Å². The molecule has 6 rings (SSSR count). The van der Waals surface area contributed by atoms with Gasteiger partial charge in [0.05, 0.1) is 23.2 Å². The number of hydrogen-bond donors (Lipinski definition) is 2. The molecule has 3 atom stereocenters. The Morgan fingerprint density at radius 3 is 2.66 bits per heavy atom. The average molecular weight is 388 g/mol. The van der Waals surface area contributed by atoms with Gasteiger partial charge in [0.1, 0.15) is 5.82 Å². The molecular weight excluding hydrogens is 358 g/mol. The van der Waals surface area contributed by atoms with Crippen LogP contribution in [0.5, 0.6) is 0 Å². The molecule has 1 saturated carbocycles. The van der Waals surface area contributed by atoms with Crippen LogP contribution in [-0.2, 0) is 6.54 Å². The predicted octanol–water partition coefficient (Wildman–Crippen LogP) is 4.63. The normalized spacial score (nSPS) is 26.2. The van der Waals surface area contributed by atoms with Crippen molar-refractivity contribution in [1.29, 1.82) is 0 Å². The lowest BCUT2D eigenvalue weighted by Gasteiger charge is -2.48. The third kappa shape index (κ3) is 3.63. The number of aromatic nitrogens is 2. The summed E-state index contributed by atoms with van der Waals surface area (Å²) in [5.74, 6) is 1.73. The highest BCUT2D eigenvalue weighted by atomic mass is 16.3. The fourth-order valence-electron chi connectivity index (χ4n) is 5.24. The van der Waals surface area contributed by atoms with Crippen LogP contribution in [0.3, 0.4) is 0 Å². The van der Waals surface area contributed by atoms with E-state index in [0.717, 1.165) is 49.2 Å². The molecular formula is C25H29N3O. The SMILES string of the molecule is CN(CC[C@@]1(O)C[C@H]2CC[C@H]1C=C2c1ccccc1)Cc1nc2ccccc2[nH]1. The monoisotopic (exact) mass is 387 g/mol. The van der Waals surface area contributed by atoms with Gasteiger partial charge >= 0.3 is 0 Å². The van der Waals surface area contributed by atoms with Crippen molar-refractivity contribution in [2.24, 2.45) is 11.8 Å². The standard InChI is InChI=1S/C25H29N3O/c1-28(17-24-26-22-9-5-6-10-23(22)27-24)14-13-25(29)16-19-11-12-20(25)15-21(19)18-7-3-2-4-8-18/h2-10,15,19-20,29H,11-14,16-17H2,1H3,(H,26,27)/t19-,20+,25-/m1/s1. The van der Waals surface area contributed by atoms with Gasteiger partial charge in [-0.2, -0.15) is 0 Å². The number of aliphatic hydroxyl groups is 1. The first-order valence-electron chi connectivity index (χ1n) is 10.7. The second-order valence-corrected chi connectivity index (χ2v) is 8.86. The van der Waals surface area contributed by atoms with Crippen molar-refractivity contribution < 1.29 is 5.11 Å². The molecule has 3 aliphatic rings. The molecule has 0 radical (unpaired) electrons. The molecule has 150 valence electrons. The quantitative estimate of drug-likeness (QED) is 0.648. The summed E-state index contributed by atoms with van der Waals surface area (Å²) in [5, 5.41) is 11.5. The molecule has 2 aromatic carbocycles. The molecule has 4 nitrogen and oxygen atoms in total. The van der Waals surface area contributed by atoms with E-state index in [-0.39, 0.29) is 5.92 Å². The fourth-order valence-corrected chi connectivity index (χ4v) is 5.24. The first-order chi connectivity index (χ1) is 14.1. The van der Waals surface area contributed by atoms with Crippen LogP contribution in [-0.4, -0.2) is 39.2 Å². The van der Waals surface area contributed by atoms with Crippen molar-refractivity contribution in [1.82, 2.24) is 14.9 Å². The molecule has 3 aliphatic carbocycles. The number of allylic oxidation sites excluding steroid dienone is 1. The highest BCUT2D eigenvalue weighted by Crippen LogP contribution is 2.51. The largest absolute Gasteiger partial charge is 0.389 e. The Labute approximate surface area is 172 Å². The van der Waals surface area contributed by atoms with Crippen LogP contribution >= 0.6 is 0 Å². The molecule has 1 heterocycles. The molecule has 4 heteroatoms. The Bertz CT molecular complexity index is 992. The second kappa shape index (κ2) is 7.43. The zero-order chi connectivity index (χ0) is 19.8. The van der Waals surface area contributed by atoms with Crippen LogP contribution in [0.2, 0.25) is 0 Å². The first kappa shape index (κ1) is 18.6. The molecule has 2 N–H and O–H groups in total. The maximum absolute atomic E-state index is 11.5. The molecule has 0 saturated heterocycles. The number of nitrogens with zero attached hydrogens (tertiary/aromatic N) is 2. The lowest BCUT2D eigenvalue weighted by molar-refractivity contribution is -0.0578. The van der Waals surface area contributed by atoms with E-state index in [1.54, 1.807) is 0 Å². The number of H-pyrrole nitrogens is 1. The van der Waals surface area contributed by atoms with E-state index in [9.17, 15) is 5.11 Å². The van der Waals surface area contributed by atoms with Crippen molar-refractivity contribution in [2.75, 3.05) is 13.6 Å². The predicted molar refractivity (Wildman–Crippen MR) is 117 cm³/mol. The summed E-state index contributed by atoms with van der Waals surface area (Å²) in [6.07, 6.45) is 6.36. The van der Waals surface area contributed by atoms with Crippen molar-refractivity contribution in [3.63, 3.8) is 0 Å². The van der Waals surface area contributed by atoms with Gasteiger partial charge in [0.25, 0.3) is 0 Å². The molecule has 29 heavy (non-hydrogen) atoms. The molecule has 0 aliphatic heterocycles. The van der Waals surface area contributed by atoms with Gasteiger partial charge in [0, 0.05) is 12.5 Å². The van der Waals surface area contributed by atoms with Crippen molar-refractivity contribution in [3.05, 3.63) is 72.1 Å². The number of rotatable bonds is 6. The maximum Gasteiger partial charge on any atom is 0.121 e. The van der Waals surface area contributed by atoms with Crippen LogP contribution in [0.25, 0.3) is 16.6 Å². The van der Waals surface area contributed by atoms with E-state index in [2.05, 4.69) is 64.4 Å². The van der Waals surface area contributed by atoms with Crippen LogP contribution in [0, 0.1) is 11.8 Å². The zero-order valence-corrected chi connectivity index (χ0v) is 17.0. The van der Waals surface area contributed by atoms with E-state index < -0.39 is 5.60 Å². The van der Waals surface area contributed by atoms with Crippen LogP contribution in [0.4, 0.5) is 0 Å². The number of aromatic amines is 1. The van der Waals surface area contributed by atoms with Gasteiger partial charge in [-0.15, -0.1) is 0 Å². The summed E-state index contributed by atoms with van der Waals surface area (Å²) in [4.78, 5) is 10.3. The number of hydrogen-bond acceptors (Lipinski definition) is 3. The molecule has 0 spiro atoms. The van der Waals surface area contributed by atoms with E-state index in [4.69, 9.17) is 0 Å². The van der Waals surface area contributed by atoms with Crippen LogP contribution < -0.4 is 0 Å². The maximum atomic E-state index is 11.5. The lowest BCUT2D eigenvalue weighted by Crippen LogP contribution is -2.47. The Morgan fingerprint density at radius 1 is 1.10 bits per heavy atom. The van der Waals surface area contributed by atoms with Gasteiger partial charge in [-0.3, -0.25) is 4.90 Å². The number of para-hydroxylation sites is 2. The smallest absolute Gasteiger partial charge is 0.121 e. The summed E-state index contributed by atoms with van der Waals surface area (Å²) in [7, 11) is 2.11. The molecule has 1 fully saturated rings. The summed E-state index contributed by atoms with van der Waals surface area (Å²) in [6.45, 7) is 1.63. The first-order valence-corrected chi connectivity index (χ1v) is 10.7. The molecule has 1 aromatic heterocycles. The minimum Gasteiger partial charge on any atom is -0.389 e. The van der Waals surface area contributed by atoms with Crippen molar-refractivity contribution in [2.45, 2.75) is 37.8 Å². The fraction of sp³-hybridized carbons (Fsp3) is 0.400. The van der Waals surface area contributed by atoms with Crippen LogP contribution in [0.15, 0.2) is 60.7 Å². The van der Waals surface area contributed by atoms with Gasteiger partial charge in [-0.25, -0.2) is 4.98 Å². The number of nitrogens with one attached hydrogen (secondary N) is 1. The Morgan fingerprint density at radius 2 is 1.90 bits per heavy atom. The zero-order valence-electron chi connectivity index (χ0n) is 17.0. The topological polar surface area (TPSA) is 52.1 Å². The number of fused-ring (bicyclic) bond motifs is 3.